The van der Waals surface area contributed by atoms with Gasteiger partial charge in [0, 0.05) is 5.02 Å². The van der Waals surface area contributed by atoms with Crippen LogP contribution < -0.4 is 0 Å². The lowest BCUT2D eigenvalue weighted by Crippen LogP contribution is -1.82. The topological polar surface area (TPSA) is 23.8 Å². The molecule has 0 fully saturated rings. The Morgan fingerprint density at radius 1 is 1.14 bits per heavy atom. The second-order valence-electron chi connectivity index (χ2n) is 3.27. The zero-order valence-corrected chi connectivity index (χ0v) is 8.47. The van der Waals surface area contributed by atoms with Gasteiger partial charge >= 0.3 is 0 Å². The van der Waals surface area contributed by atoms with Crippen LogP contribution in [0, 0.1) is 18.3 Å². The molecule has 2 aromatic rings. The molecule has 0 amide bonds. The van der Waals surface area contributed by atoms with Crippen molar-refractivity contribution >= 4 is 22.4 Å². The van der Waals surface area contributed by atoms with Crippen molar-refractivity contribution in [2.45, 2.75) is 6.92 Å². The number of halogens is 1. The summed E-state index contributed by atoms with van der Waals surface area (Å²) in [7, 11) is 0. The van der Waals surface area contributed by atoms with E-state index in [1.807, 2.05) is 37.3 Å². The maximum atomic E-state index is 8.86. The zero-order chi connectivity index (χ0) is 10.1. The number of benzene rings is 2. The van der Waals surface area contributed by atoms with Crippen molar-refractivity contribution in [2.24, 2.45) is 0 Å². The van der Waals surface area contributed by atoms with Gasteiger partial charge in [0.2, 0.25) is 0 Å². The van der Waals surface area contributed by atoms with Crippen LogP contribution in [-0.2, 0) is 0 Å². The summed E-state index contributed by atoms with van der Waals surface area (Å²) in [6.45, 7) is 1.93. The summed E-state index contributed by atoms with van der Waals surface area (Å²) >= 11 is 5.88. The largest absolute Gasteiger partial charge is 0.192 e. The van der Waals surface area contributed by atoms with Gasteiger partial charge in [-0.2, -0.15) is 5.26 Å². The molecule has 0 spiro atoms. The third kappa shape index (κ3) is 1.45. The molecule has 0 aliphatic rings. The van der Waals surface area contributed by atoms with E-state index < -0.39 is 0 Å². The first-order valence-corrected chi connectivity index (χ1v) is 4.68. The summed E-state index contributed by atoms with van der Waals surface area (Å²) in [6.07, 6.45) is 0. The summed E-state index contributed by atoms with van der Waals surface area (Å²) in [5, 5.41) is 11.7. The minimum absolute atomic E-state index is 0.722. The molecule has 68 valence electrons. The number of aryl methyl sites for hydroxylation is 1. The van der Waals surface area contributed by atoms with Crippen LogP contribution in [0.1, 0.15) is 11.1 Å². The Balaban J connectivity index is 2.81. The normalized spacial score (nSPS) is 10.1. The van der Waals surface area contributed by atoms with Gasteiger partial charge in [-0.15, -0.1) is 0 Å². The van der Waals surface area contributed by atoms with Gasteiger partial charge in [-0.05, 0) is 41.5 Å². The van der Waals surface area contributed by atoms with Crippen molar-refractivity contribution in [3.8, 4) is 6.07 Å². The molecule has 0 aliphatic heterocycles. The Morgan fingerprint density at radius 2 is 1.93 bits per heavy atom. The number of nitrogens with zero attached hydrogens (tertiary/aromatic N) is 1. The Bertz CT molecular complexity index is 538. The molecular formula is C12H8ClN. The molecule has 2 aromatic carbocycles. The number of hydrogen-bond acceptors (Lipinski definition) is 1. The molecule has 0 heterocycles. The van der Waals surface area contributed by atoms with Gasteiger partial charge < -0.3 is 0 Å². The molecule has 0 bridgehead atoms. The molecule has 0 saturated carbocycles. The minimum Gasteiger partial charge on any atom is -0.192 e. The summed E-state index contributed by atoms with van der Waals surface area (Å²) in [4.78, 5) is 0. The lowest BCUT2D eigenvalue weighted by Gasteiger charge is -2.02. The molecule has 14 heavy (non-hydrogen) atoms. The molecule has 0 atom stereocenters. The average Bonchev–Trinajstić information content (AvgIpc) is 2.16. The van der Waals surface area contributed by atoms with E-state index in [2.05, 4.69) is 6.07 Å². The number of nitriles is 1. The van der Waals surface area contributed by atoms with Crippen molar-refractivity contribution in [1.82, 2.24) is 0 Å². The maximum absolute atomic E-state index is 8.86. The lowest BCUT2D eigenvalue weighted by molar-refractivity contribution is 1.42. The van der Waals surface area contributed by atoms with E-state index in [0.717, 1.165) is 26.9 Å². The van der Waals surface area contributed by atoms with Crippen LogP contribution in [0.25, 0.3) is 10.8 Å². The van der Waals surface area contributed by atoms with Crippen LogP contribution in [0.4, 0.5) is 0 Å². The third-order valence-electron chi connectivity index (χ3n) is 2.27. The third-order valence-corrected chi connectivity index (χ3v) is 2.50. The number of rotatable bonds is 0. The van der Waals surface area contributed by atoms with Crippen molar-refractivity contribution in [2.75, 3.05) is 0 Å². The Hall–Kier alpha value is -1.52. The van der Waals surface area contributed by atoms with Gasteiger partial charge in [-0.25, -0.2) is 0 Å². The highest BCUT2D eigenvalue weighted by Crippen LogP contribution is 2.22. The fraction of sp³-hybridized carbons (Fsp3) is 0.0833. The van der Waals surface area contributed by atoms with Crippen LogP contribution in [0.2, 0.25) is 5.02 Å². The first-order chi connectivity index (χ1) is 6.70. The van der Waals surface area contributed by atoms with Gasteiger partial charge in [0.1, 0.15) is 0 Å². The molecule has 0 unspecified atom stereocenters. The second-order valence-corrected chi connectivity index (χ2v) is 3.71. The second kappa shape index (κ2) is 3.32. The number of fused-ring (bicyclic) bond motifs is 1. The molecule has 2 rings (SSSR count). The predicted molar refractivity (Wildman–Crippen MR) is 58.4 cm³/mol. The Kier molecular flexibility index (Phi) is 2.15. The van der Waals surface area contributed by atoms with E-state index in [-0.39, 0.29) is 0 Å². The SMILES string of the molecule is Cc1cc2cc(Cl)ccc2cc1C#N. The lowest BCUT2D eigenvalue weighted by atomic mass is 10.0. The van der Waals surface area contributed by atoms with E-state index in [9.17, 15) is 0 Å². The van der Waals surface area contributed by atoms with Crippen molar-refractivity contribution in [1.29, 1.82) is 5.26 Å². The maximum Gasteiger partial charge on any atom is 0.0994 e. The Labute approximate surface area is 87.5 Å². The first-order valence-electron chi connectivity index (χ1n) is 4.31. The molecular weight excluding hydrogens is 194 g/mol. The monoisotopic (exact) mass is 201 g/mol. The van der Waals surface area contributed by atoms with Crippen molar-refractivity contribution < 1.29 is 0 Å². The standard InChI is InChI=1S/C12H8ClN/c1-8-4-10-6-12(13)3-2-9(10)5-11(8)7-14/h2-6H,1H3. The van der Waals surface area contributed by atoms with E-state index in [1.165, 1.54) is 0 Å². The van der Waals surface area contributed by atoms with Crippen LogP contribution in [0.3, 0.4) is 0 Å². The quantitative estimate of drug-likeness (QED) is 0.638. The predicted octanol–water partition coefficient (Wildman–Crippen LogP) is 3.67. The summed E-state index contributed by atoms with van der Waals surface area (Å²) < 4.78 is 0. The van der Waals surface area contributed by atoms with E-state index in [4.69, 9.17) is 16.9 Å². The van der Waals surface area contributed by atoms with E-state index in [1.54, 1.807) is 0 Å². The average molecular weight is 202 g/mol. The smallest absolute Gasteiger partial charge is 0.0994 e. The highest BCUT2D eigenvalue weighted by atomic mass is 35.5. The van der Waals surface area contributed by atoms with Gasteiger partial charge in [0.05, 0.1) is 11.6 Å². The molecule has 1 nitrogen and oxygen atoms in total. The van der Waals surface area contributed by atoms with Gasteiger partial charge in [0.15, 0.2) is 0 Å². The van der Waals surface area contributed by atoms with E-state index >= 15 is 0 Å². The summed E-state index contributed by atoms with van der Waals surface area (Å²) in [5.41, 5.74) is 1.71. The molecule has 0 saturated heterocycles. The summed E-state index contributed by atoms with van der Waals surface area (Å²) in [6, 6.07) is 11.7. The minimum atomic E-state index is 0.722. The van der Waals surface area contributed by atoms with Crippen LogP contribution >= 0.6 is 11.6 Å². The number of hydrogen-bond donors (Lipinski definition) is 0. The van der Waals surface area contributed by atoms with Crippen LogP contribution in [0.15, 0.2) is 30.3 Å². The molecule has 2 heteroatoms. The molecule has 0 aromatic heterocycles. The van der Waals surface area contributed by atoms with Crippen LogP contribution in [-0.4, -0.2) is 0 Å². The fourth-order valence-corrected chi connectivity index (χ4v) is 1.68. The van der Waals surface area contributed by atoms with Gasteiger partial charge in [-0.1, -0.05) is 23.7 Å². The summed E-state index contributed by atoms with van der Waals surface area (Å²) in [5.74, 6) is 0. The van der Waals surface area contributed by atoms with Crippen molar-refractivity contribution in [3.05, 3.63) is 46.5 Å². The van der Waals surface area contributed by atoms with Crippen LogP contribution in [0.5, 0.6) is 0 Å². The van der Waals surface area contributed by atoms with Gasteiger partial charge in [0.25, 0.3) is 0 Å². The highest BCUT2D eigenvalue weighted by Gasteiger charge is 2.00. The molecule has 0 N–H and O–H groups in total. The van der Waals surface area contributed by atoms with Crippen molar-refractivity contribution in [3.63, 3.8) is 0 Å². The highest BCUT2D eigenvalue weighted by molar-refractivity contribution is 6.31. The zero-order valence-electron chi connectivity index (χ0n) is 7.71. The first kappa shape index (κ1) is 9.05. The fourth-order valence-electron chi connectivity index (χ4n) is 1.50. The molecule has 0 radical (unpaired) electrons. The van der Waals surface area contributed by atoms with E-state index in [0.29, 0.717) is 0 Å². The van der Waals surface area contributed by atoms with Gasteiger partial charge in [-0.3, -0.25) is 0 Å². The molecule has 0 aliphatic carbocycles. The Morgan fingerprint density at radius 3 is 2.64 bits per heavy atom.